The Kier molecular flexibility index (Phi) is 5.50. The van der Waals surface area contributed by atoms with Gasteiger partial charge in [0.2, 0.25) is 17.7 Å². The zero-order valence-electron chi connectivity index (χ0n) is 17.6. The first-order valence-electron chi connectivity index (χ1n) is 11.0. The van der Waals surface area contributed by atoms with Gasteiger partial charge < -0.3 is 9.42 Å². The van der Waals surface area contributed by atoms with E-state index in [-0.39, 0.29) is 0 Å². The van der Waals surface area contributed by atoms with Crippen molar-refractivity contribution >= 4 is 17.7 Å². The van der Waals surface area contributed by atoms with Crippen LogP contribution >= 0.6 is 11.8 Å². The lowest BCUT2D eigenvalue weighted by Gasteiger charge is -2.31. The van der Waals surface area contributed by atoms with Crippen LogP contribution in [0.2, 0.25) is 0 Å². The molecule has 158 valence electrons. The molecule has 0 N–H and O–H groups in total. The van der Waals surface area contributed by atoms with Gasteiger partial charge >= 0.3 is 0 Å². The second-order valence-corrected chi connectivity index (χ2v) is 9.35. The van der Waals surface area contributed by atoms with E-state index in [2.05, 4.69) is 67.9 Å². The molecule has 2 aliphatic rings. The van der Waals surface area contributed by atoms with Gasteiger partial charge in [0.1, 0.15) is 0 Å². The molecule has 2 fully saturated rings. The van der Waals surface area contributed by atoms with Gasteiger partial charge in [-0.05, 0) is 43.6 Å². The summed E-state index contributed by atoms with van der Waals surface area (Å²) < 4.78 is 7.83. The molecule has 3 heterocycles. The highest BCUT2D eigenvalue weighted by Crippen LogP contribution is 2.42. The summed E-state index contributed by atoms with van der Waals surface area (Å²) in [4.78, 5) is 6.98. The first-order chi connectivity index (χ1) is 14.7. The molecule has 30 heavy (non-hydrogen) atoms. The second kappa shape index (κ2) is 8.41. The van der Waals surface area contributed by atoms with Gasteiger partial charge in [-0.2, -0.15) is 4.98 Å². The fourth-order valence-corrected chi connectivity index (χ4v) is 4.73. The Balaban J connectivity index is 1.28. The van der Waals surface area contributed by atoms with Crippen LogP contribution in [-0.4, -0.2) is 38.0 Å². The van der Waals surface area contributed by atoms with Crippen LogP contribution in [0.4, 0.5) is 5.95 Å². The molecule has 7 nitrogen and oxygen atoms in total. The predicted octanol–water partition coefficient (Wildman–Crippen LogP) is 4.75. The van der Waals surface area contributed by atoms with Crippen LogP contribution in [0.3, 0.4) is 0 Å². The fraction of sp³-hybridized carbons (Fsp3) is 0.545. The Labute approximate surface area is 181 Å². The maximum Gasteiger partial charge on any atom is 0.237 e. The van der Waals surface area contributed by atoms with Gasteiger partial charge in [0, 0.05) is 24.7 Å². The average Bonchev–Trinajstić information content (AvgIpc) is 3.35. The van der Waals surface area contributed by atoms with Gasteiger partial charge in [-0.1, -0.05) is 55.0 Å². The number of piperidine rings is 1. The van der Waals surface area contributed by atoms with Crippen LogP contribution in [0.25, 0.3) is 11.4 Å². The molecule has 0 radical (unpaired) electrons. The number of benzene rings is 1. The van der Waals surface area contributed by atoms with Gasteiger partial charge in [-0.15, -0.1) is 10.2 Å². The van der Waals surface area contributed by atoms with Crippen LogP contribution in [0.15, 0.2) is 33.9 Å². The summed E-state index contributed by atoms with van der Waals surface area (Å²) in [7, 11) is 0. The van der Waals surface area contributed by atoms with Crippen molar-refractivity contribution in [2.45, 2.75) is 62.9 Å². The van der Waals surface area contributed by atoms with Crippen LogP contribution < -0.4 is 4.90 Å². The lowest BCUT2D eigenvalue weighted by molar-refractivity contribution is 0.391. The molecule has 8 heteroatoms. The molecule has 1 aliphatic heterocycles. The zero-order valence-corrected chi connectivity index (χ0v) is 18.4. The summed E-state index contributed by atoms with van der Waals surface area (Å²) in [6.45, 7) is 6.62. The lowest BCUT2D eigenvalue weighted by Crippen LogP contribution is -2.34. The Bertz CT molecular complexity index is 985. The summed E-state index contributed by atoms with van der Waals surface area (Å²) in [5.74, 6) is 3.70. The maximum absolute atomic E-state index is 5.50. The van der Waals surface area contributed by atoms with Crippen molar-refractivity contribution in [2.24, 2.45) is 5.92 Å². The normalized spacial score (nSPS) is 17.6. The highest BCUT2D eigenvalue weighted by molar-refractivity contribution is 7.98. The number of rotatable bonds is 7. The van der Waals surface area contributed by atoms with E-state index in [1.807, 2.05) is 0 Å². The Morgan fingerprint density at radius 3 is 2.53 bits per heavy atom. The molecular formula is C22H28N6OS. The Hall–Kier alpha value is -2.35. The van der Waals surface area contributed by atoms with Crippen molar-refractivity contribution in [1.82, 2.24) is 24.9 Å². The quantitative estimate of drug-likeness (QED) is 0.507. The van der Waals surface area contributed by atoms with E-state index in [0.717, 1.165) is 42.1 Å². The number of anilines is 1. The largest absolute Gasteiger partial charge is 0.341 e. The summed E-state index contributed by atoms with van der Waals surface area (Å²) >= 11 is 1.63. The molecule has 1 aliphatic carbocycles. The van der Waals surface area contributed by atoms with Crippen LogP contribution in [0.5, 0.6) is 0 Å². The molecule has 5 rings (SSSR count). The zero-order chi connectivity index (χ0) is 20.5. The molecular weight excluding hydrogens is 396 g/mol. The molecule has 1 aromatic carbocycles. The van der Waals surface area contributed by atoms with E-state index < -0.39 is 0 Å². The lowest BCUT2D eigenvalue weighted by atomic mass is 10.00. The summed E-state index contributed by atoms with van der Waals surface area (Å²) in [6, 6.07) is 8.86. The van der Waals surface area contributed by atoms with Gasteiger partial charge in [0.05, 0.1) is 5.75 Å². The van der Waals surface area contributed by atoms with Crippen molar-refractivity contribution in [3.63, 3.8) is 0 Å². The van der Waals surface area contributed by atoms with Crippen LogP contribution in [0, 0.1) is 5.92 Å². The maximum atomic E-state index is 5.50. The SMILES string of the molecule is CCc1ccc(-c2noc(CSc3nnc(N4CCC(C)CC4)n3C3CC3)n2)cc1. The fourth-order valence-electron chi connectivity index (χ4n) is 3.89. The number of hydrogen-bond donors (Lipinski definition) is 0. The highest BCUT2D eigenvalue weighted by atomic mass is 32.2. The van der Waals surface area contributed by atoms with E-state index in [0.29, 0.717) is 23.5 Å². The first kappa shape index (κ1) is 19.6. The molecule has 0 atom stereocenters. The summed E-state index contributed by atoms with van der Waals surface area (Å²) in [5, 5.41) is 14.2. The molecule has 0 spiro atoms. The minimum absolute atomic E-state index is 0.534. The van der Waals surface area contributed by atoms with E-state index in [9.17, 15) is 0 Å². The molecule has 1 saturated carbocycles. The van der Waals surface area contributed by atoms with Crippen molar-refractivity contribution in [2.75, 3.05) is 18.0 Å². The Morgan fingerprint density at radius 1 is 1.07 bits per heavy atom. The van der Waals surface area contributed by atoms with E-state index in [1.165, 1.54) is 31.2 Å². The van der Waals surface area contributed by atoms with Crippen molar-refractivity contribution < 1.29 is 4.52 Å². The molecule has 0 amide bonds. The van der Waals surface area contributed by atoms with E-state index in [4.69, 9.17) is 4.52 Å². The number of thioether (sulfide) groups is 1. The average molecular weight is 425 g/mol. The number of hydrogen-bond acceptors (Lipinski definition) is 7. The monoisotopic (exact) mass is 424 g/mol. The van der Waals surface area contributed by atoms with Gasteiger partial charge in [-0.25, -0.2) is 0 Å². The van der Waals surface area contributed by atoms with Gasteiger partial charge in [0.15, 0.2) is 5.16 Å². The van der Waals surface area contributed by atoms with E-state index >= 15 is 0 Å². The number of aryl methyl sites for hydroxylation is 1. The molecule has 1 saturated heterocycles. The van der Waals surface area contributed by atoms with Gasteiger partial charge in [0.25, 0.3) is 0 Å². The number of aromatic nitrogens is 5. The minimum atomic E-state index is 0.534. The highest BCUT2D eigenvalue weighted by Gasteiger charge is 2.32. The molecule has 3 aromatic rings. The van der Waals surface area contributed by atoms with E-state index in [1.54, 1.807) is 11.8 Å². The van der Waals surface area contributed by atoms with Gasteiger partial charge in [-0.3, -0.25) is 4.57 Å². The van der Waals surface area contributed by atoms with Crippen LogP contribution in [0.1, 0.15) is 57.0 Å². The molecule has 2 aromatic heterocycles. The van der Waals surface area contributed by atoms with Crippen LogP contribution in [-0.2, 0) is 12.2 Å². The topological polar surface area (TPSA) is 72.9 Å². The van der Waals surface area contributed by atoms with Crippen molar-refractivity contribution in [3.05, 3.63) is 35.7 Å². The third kappa shape index (κ3) is 4.10. The third-order valence-corrected chi connectivity index (χ3v) is 6.97. The first-order valence-corrected chi connectivity index (χ1v) is 11.9. The molecule has 0 unspecified atom stereocenters. The Morgan fingerprint density at radius 2 is 1.83 bits per heavy atom. The van der Waals surface area contributed by atoms with Crippen molar-refractivity contribution in [3.8, 4) is 11.4 Å². The summed E-state index contributed by atoms with van der Waals surface area (Å²) in [5.41, 5.74) is 2.28. The molecule has 0 bridgehead atoms. The number of nitrogens with zero attached hydrogens (tertiary/aromatic N) is 6. The smallest absolute Gasteiger partial charge is 0.237 e. The minimum Gasteiger partial charge on any atom is -0.341 e. The third-order valence-electron chi connectivity index (χ3n) is 6.04. The predicted molar refractivity (Wildman–Crippen MR) is 118 cm³/mol. The van der Waals surface area contributed by atoms with Crippen molar-refractivity contribution in [1.29, 1.82) is 0 Å². The second-order valence-electron chi connectivity index (χ2n) is 8.40. The standard InChI is InChI=1S/C22H28N6OS/c1-3-16-4-6-17(7-5-16)20-23-19(29-26-20)14-30-22-25-24-21(28(22)18-8-9-18)27-12-10-15(2)11-13-27/h4-7,15,18H,3,8-14H2,1-2H3. The summed E-state index contributed by atoms with van der Waals surface area (Å²) in [6.07, 6.45) is 5.89.